The van der Waals surface area contributed by atoms with Gasteiger partial charge in [-0.05, 0) is 52.0 Å². The summed E-state index contributed by atoms with van der Waals surface area (Å²) in [5.74, 6) is 0.407. The van der Waals surface area contributed by atoms with Gasteiger partial charge in [-0.3, -0.25) is 9.36 Å². The van der Waals surface area contributed by atoms with Gasteiger partial charge in [0.15, 0.2) is 5.69 Å². The van der Waals surface area contributed by atoms with E-state index in [-0.39, 0.29) is 18.0 Å². The third-order valence-electron chi connectivity index (χ3n) is 6.97. The van der Waals surface area contributed by atoms with Gasteiger partial charge in [0.2, 0.25) is 0 Å². The molecule has 1 aliphatic heterocycles. The number of carbonyl (C=O) groups is 2. The second-order valence-electron chi connectivity index (χ2n) is 11.3. The van der Waals surface area contributed by atoms with E-state index in [1.54, 1.807) is 16.7 Å². The third kappa shape index (κ3) is 7.22. The molecule has 1 fully saturated rings. The van der Waals surface area contributed by atoms with E-state index in [1.165, 1.54) is 0 Å². The molecule has 0 spiro atoms. The molecular weight excluding hydrogens is 560 g/mol. The van der Waals surface area contributed by atoms with Crippen LogP contribution in [-0.2, 0) is 4.74 Å². The van der Waals surface area contributed by atoms with Gasteiger partial charge in [0.25, 0.3) is 5.91 Å². The van der Waals surface area contributed by atoms with Crippen LogP contribution in [0.3, 0.4) is 0 Å². The maximum atomic E-state index is 14.6. The number of ether oxygens (including phenoxy) is 2. The van der Waals surface area contributed by atoms with Crippen LogP contribution in [0.1, 0.15) is 38.2 Å². The van der Waals surface area contributed by atoms with Crippen molar-refractivity contribution in [2.45, 2.75) is 44.2 Å². The van der Waals surface area contributed by atoms with Crippen LogP contribution in [0.2, 0.25) is 0 Å². The van der Waals surface area contributed by atoms with Gasteiger partial charge in [0, 0.05) is 35.8 Å². The van der Waals surface area contributed by atoms with Crippen LogP contribution >= 0.6 is 11.8 Å². The molecule has 1 saturated heterocycles. The molecule has 8 nitrogen and oxygen atoms in total. The minimum Gasteiger partial charge on any atom is -0.465 e. The van der Waals surface area contributed by atoms with Gasteiger partial charge in [0.05, 0.1) is 24.0 Å². The first-order valence-corrected chi connectivity index (χ1v) is 15.6. The fourth-order valence-electron chi connectivity index (χ4n) is 5.06. The monoisotopic (exact) mass is 598 g/mol. The average molecular weight is 599 g/mol. The Morgan fingerprint density at radius 2 is 1.53 bits per heavy atom. The quantitative estimate of drug-likeness (QED) is 0.208. The summed E-state index contributed by atoms with van der Waals surface area (Å²) in [5, 5.41) is 0. The van der Waals surface area contributed by atoms with Gasteiger partial charge in [-0.1, -0.05) is 66.7 Å². The highest BCUT2D eigenvalue weighted by atomic mass is 32.2. The molecule has 2 amide bonds. The fraction of sp³-hybridized carbons (Fsp3) is 0.324. The number of thioether (sulfide) groups is 1. The van der Waals surface area contributed by atoms with Crippen LogP contribution in [-0.4, -0.2) is 75.0 Å². The lowest BCUT2D eigenvalue weighted by Crippen LogP contribution is -2.58. The molecular formula is C34H38N4O4S. The molecule has 224 valence electrons. The Morgan fingerprint density at radius 3 is 2.16 bits per heavy atom. The van der Waals surface area contributed by atoms with Crippen LogP contribution < -0.4 is 4.74 Å². The first kappa shape index (κ1) is 30.2. The number of carbonyl (C=O) groups excluding carboxylic acids is 2. The van der Waals surface area contributed by atoms with E-state index < -0.39 is 5.60 Å². The molecule has 43 heavy (non-hydrogen) atoms. The number of nitrogens with zero attached hydrogens (tertiary/aromatic N) is 4. The van der Waals surface area contributed by atoms with Crippen LogP contribution in [0.5, 0.6) is 6.01 Å². The number of hydrogen-bond donors (Lipinski definition) is 0. The Hall–Kier alpha value is -4.24. The van der Waals surface area contributed by atoms with Crippen molar-refractivity contribution < 1.29 is 19.1 Å². The van der Waals surface area contributed by atoms with Crippen molar-refractivity contribution in [3.05, 3.63) is 96.7 Å². The second kappa shape index (κ2) is 13.4. The minimum atomic E-state index is -0.608. The maximum Gasteiger partial charge on any atom is 0.410 e. The molecule has 0 unspecified atom stereocenters. The first-order chi connectivity index (χ1) is 20.7. The summed E-state index contributed by atoms with van der Waals surface area (Å²) in [7, 11) is 0. The number of aromatic nitrogens is 2. The smallest absolute Gasteiger partial charge is 0.410 e. The Labute approximate surface area is 257 Å². The second-order valence-corrected chi connectivity index (χ2v) is 12.4. The topological polar surface area (TPSA) is 76.9 Å². The standard InChI is InChI=1S/C34H38N4O4S/c1-5-41-32-35-29(30(25-15-9-6-10-16-25)38(32)26-17-11-7-12-18-26)31(39)37-22-21-36(33(40)42-34(2,3)4)23-27(37)24-43-28-19-13-8-14-20-28/h6-20,27H,5,21-24H2,1-4H3/t27-/m0/s1. The van der Waals surface area contributed by atoms with Gasteiger partial charge in [-0.2, -0.15) is 4.98 Å². The predicted octanol–water partition coefficient (Wildman–Crippen LogP) is 6.79. The number of amides is 2. The summed E-state index contributed by atoms with van der Waals surface area (Å²) in [6, 6.07) is 29.8. The zero-order chi connectivity index (χ0) is 30.4. The number of hydrogen-bond acceptors (Lipinski definition) is 6. The van der Waals surface area contributed by atoms with Gasteiger partial charge in [-0.15, -0.1) is 11.8 Å². The van der Waals surface area contributed by atoms with Crippen LogP contribution in [0.15, 0.2) is 95.9 Å². The van der Waals surface area contributed by atoms with E-state index in [1.807, 2.05) is 116 Å². The molecule has 0 radical (unpaired) electrons. The average Bonchev–Trinajstić information content (AvgIpc) is 3.39. The van der Waals surface area contributed by atoms with Crippen molar-refractivity contribution in [3.8, 4) is 23.0 Å². The van der Waals surface area contributed by atoms with Crippen LogP contribution in [0, 0.1) is 0 Å². The zero-order valence-electron chi connectivity index (χ0n) is 25.1. The molecule has 5 rings (SSSR count). The molecule has 4 aromatic rings. The lowest BCUT2D eigenvalue weighted by molar-refractivity contribution is 0.00653. The summed E-state index contributed by atoms with van der Waals surface area (Å²) < 4.78 is 13.6. The maximum absolute atomic E-state index is 14.6. The first-order valence-electron chi connectivity index (χ1n) is 14.6. The van der Waals surface area contributed by atoms with Crippen LogP contribution in [0.25, 0.3) is 16.9 Å². The Morgan fingerprint density at radius 1 is 0.907 bits per heavy atom. The largest absolute Gasteiger partial charge is 0.465 e. The Balaban J connectivity index is 1.54. The molecule has 0 bridgehead atoms. The zero-order valence-corrected chi connectivity index (χ0v) is 25.9. The van der Waals surface area contributed by atoms with Crippen molar-refractivity contribution in [3.63, 3.8) is 0 Å². The van der Waals surface area contributed by atoms with Gasteiger partial charge in [0.1, 0.15) is 5.60 Å². The minimum absolute atomic E-state index is 0.197. The molecule has 0 saturated carbocycles. The molecule has 2 heterocycles. The van der Waals surface area contributed by atoms with E-state index in [2.05, 4.69) is 12.1 Å². The number of benzene rings is 3. The summed E-state index contributed by atoms with van der Waals surface area (Å²) >= 11 is 1.66. The van der Waals surface area contributed by atoms with Crippen LogP contribution in [0.4, 0.5) is 4.79 Å². The normalized spacial score (nSPS) is 15.3. The van der Waals surface area contributed by atoms with Crippen molar-refractivity contribution in [1.29, 1.82) is 0 Å². The third-order valence-corrected chi connectivity index (χ3v) is 8.12. The van der Waals surface area contributed by atoms with E-state index in [0.29, 0.717) is 49.4 Å². The number of imidazole rings is 1. The van der Waals surface area contributed by atoms with E-state index >= 15 is 0 Å². The highest BCUT2D eigenvalue weighted by Gasteiger charge is 2.37. The van der Waals surface area contributed by atoms with Crippen molar-refractivity contribution in [1.82, 2.24) is 19.4 Å². The summed E-state index contributed by atoms with van der Waals surface area (Å²) in [6.07, 6.45) is -0.369. The van der Waals surface area contributed by atoms with Crippen molar-refractivity contribution >= 4 is 23.8 Å². The summed E-state index contributed by atoms with van der Waals surface area (Å²) in [5.41, 5.74) is 2.09. The number of piperazine rings is 1. The van der Waals surface area contributed by atoms with Gasteiger partial charge in [-0.25, -0.2) is 4.79 Å². The molecule has 0 N–H and O–H groups in total. The van der Waals surface area contributed by atoms with Gasteiger partial charge < -0.3 is 19.3 Å². The SMILES string of the molecule is CCOc1nc(C(=O)N2CCN(C(=O)OC(C)(C)C)C[C@H]2CSc2ccccc2)c(-c2ccccc2)n1-c1ccccc1. The number of para-hydroxylation sites is 1. The lowest BCUT2D eigenvalue weighted by atomic mass is 10.1. The highest BCUT2D eigenvalue weighted by Crippen LogP contribution is 2.34. The molecule has 3 aromatic carbocycles. The highest BCUT2D eigenvalue weighted by molar-refractivity contribution is 7.99. The molecule has 1 aromatic heterocycles. The molecule has 1 aliphatic rings. The Bertz CT molecular complexity index is 1520. The summed E-state index contributed by atoms with van der Waals surface area (Å²) in [6.45, 7) is 8.96. The van der Waals surface area contributed by atoms with E-state index in [9.17, 15) is 9.59 Å². The van der Waals surface area contributed by atoms with Gasteiger partial charge >= 0.3 is 12.1 Å². The lowest BCUT2D eigenvalue weighted by Gasteiger charge is -2.41. The van der Waals surface area contributed by atoms with E-state index in [0.717, 1.165) is 16.1 Å². The van der Waals surface area contributed by atoms with Crippen molar-refractivity contribution in [2.24, 2.45) is 0 Å². The molecule has 0 aliphatic carbocycles. The molecule has 1 atom stereocenters. The fourth-order valence-corrected chi connectivity index (χ4v) is 6.08. The molecule has 9 heteroatoms. The summed E-state index contributed by atoms with van der Waals surface area (Å²) in [4.78, 5) is 37.1. The predicted molar refractivity (Wildman–Crippen MR) is 170 cm³/mol. The van der Waals surface area contributed by atoms with E-state index in [4.69, 9.17) is 14.5 Å². The Kier molecular flexibility index (Phi) is 9.40. The van der Waals surface area contributed by atoms with Crippen molar-refractivity contribution in [2.75, 3.05) is 32.0 Å². The number of rotatable bonds is 8.